The molecular weight excluding hydrogens is 407 g/mol. The number of nitrogens with one attached hydrogen (secondary N) is 2. The number of rotatable bonds is 7. The fourth-order valence-corrected chi connectivity index (χ4v) is 2.43. The number of amides is 1. The maximum atomic E-state index is 11.6. The van der Waals surface area contributed by atoms with Crippen LogP contribution in [-0.2, 0) is 9.53 Å². The zero-order valence-electron chi connectivity index (χ0n) is 14.8. The van der Waals surface area contributed by atoms with Gasteiger partial charge in [0.2, 0.25) is 5.91 Å². The van der Waals surface area contributed by atoms with Crippen LogP contribution in [-0.4, -0.2) is 63.2 Å². The third kappa shape index (κ3) is 10.8. The third-order valence-electron chi connectivity index (χ3n) is 3.77. The highest BCUT2D eigenvalue weighted by Gasteiger charge is 2.12. The van der Waals surface area contributed by atoms with E-state index in [2.05, 4.69) is 15.6 Å². The van der Waals surface area contributed by atoms with Crippen LogP contribution in [0.2, 0.25) is 0 Å². The molecule has 7 heteroatoms. The zero-order valence-corrected chi connectivity index (χ0v) is 17.1. The molecule has 0 saturated heterocycles. The molecule has 1 rings (SSSR count). The van der Waals surface area contributed by atoms with Crippen molar-refractivity contribution in [1.29, 1.82) is 0 Å². The Morgan fingerprint density at radius 3 is 2.39 bits per heavy atom. The molecule has 1 amide bonds. The number of guanidine groups is 1. The summed E-state index contributed by atoms with van der Waals surface area (Å²) in [6, 6.07) is 0. The molecule has 0 aliphatic heterocycles. The lowest BCUT2D eigenvalue weighted by molar-refractivity contribution is -0.127. The van der Waals surface area contributed by atoms with E-state index in [0.717, 1.165) is 6.54 Å². The van der Waals surface area contributed by atoms with Gasteiger partial charge in [0.05, 0.1) is 12.7 Å². The summed E-state index contributed by atoms with van der Waals surface area (Å²) in [6.45, 7) is 4.32. The molecular formula is C16H33IN4O2. The molecule has 2 N–H and O–H groups in total. The Kier molecular flexibility index (Phi) is 13.5. The van der Waals surface area contributed by atoms with E-state index in [0.29, 0.717) is 25.2 Å². The lowest BCUT2D eigenvalue weighted by Crippen LogP contribution is -2.40. The third-order valence-corrected chi connectivity index (χ3v) is 3.77. The van der Waals surface area contributed by atoms with Gasteiger partial charge in [0.15, 0.2) is 5.96 Å². The molecule has 0 bridgehead atoms. The molecule has 0 radical (unpaired) electrons. The first-order valence-electron chi connectivity index (χ1n) is 8.47. The van der Waals surface area contributed by atoms with Crippen LogP contribution in [0.25, 0.3) is 0 Å². The van der Waals surface area contributed by atoms with E-state index in [1.165, 1.54) is 38.5 Å². The van der Waals surface area contributed by atoms with Crippen molar-refractivity contribution in [2.24, 2.45) is 4.99 Å². The number of likely N-dealkylation sites (N-methyl/N-ethyl adjacent to an activating group) is 1. The first kappa shape index (κ1) is 22.4. The van der Waals surface area contributed by atoms with Gasteiger partial charge in [-0.05, 0) is 19.8 Å². The van der Waals surface area contributed by atoms with Crippen molar-refractivity contribution in [2.75, 3.05) is 40.3 Å². The molecule has 0 atom stereocenters. The highest BCUT2D eigenvalue weighted by atomic mass is 127. The fourth-order valence-electron chi connectivity index (χ4n) is 2.43. The number of carbonyl (C=O) groups excluding carboxylic acids is 1. The molecule has 0 aromatic heterocycles. The Hall–Kier alpha value is -0.570. The monoisotopic (exact) mass is 440 g/mol. The average Bonchev–Trinajstić information content (AvgIpc) is 2.77. The van der Waals surface area contributed by atoms with Crippen LogP contribution in [0.4, 0.5) is 0 Å². The van der Waals surface area contributed by atoms with Crippen molar-refractivity contribution in [3.05, 3.63) is 0 Å². The Bertz CT molecular complexity index is 343. The molecule has 1 fully saturated rings. The molecule has 0 unspecified atom stereocenters. The predicted octanol–water partition coefficient (Wildman–Crippen LogP) is 1.99. The summed E-state index contributed by atoms with van der Waals surface area (Å²) in [6.07, 6.45) is 8.05. The van der Waals surface area contributed by atoms with Crippen molar-refractivity contribution < 1.29 is 9.53 Å². The smallest absolute Gasteiger partial charge is 0.243 e. The fraction of sp³-hybridized carbons (Fsp3) is 0.875. The molecule has 23 heavy (non-hydrogen) atoms. The van der Waals surface area contributed by atoms with Crippen LogP contribution in [0.15, 0.2) is 4.99 Å². The van der Waals surface area contributed by atoms with Crippen LogP contribution in [0, 0.1) is 0 Å². The first-order chi connectivity index (χ1) is 10.6. The Balaban J connectivity index is 0.00000484. The summed E-state index contributed by atoms with van der Waals surface area (Å²) in [5, 5.41) is 6.35. The van der Waals surface area contributed by atoms with E-state index in [-0.39, 0.29) is 36.4 Å². The number of nitrogens with zero attached hydrogens (tertiary/aromatic N) is 2. The average molecular weight is 440 g/mol. The lowest BCUT2D eigenvalue weighted by Gasteiger charge is -2.17. The highest BCUT2D eigenvalue weighted by Crippen LogP contribution is 2.19. The molecule has 0 spiro atoms. The minimum atomic E-state index is -0.00749. The van der Waals surface area contributed by atoms with Gasteiger partial charge in [0, 0.05) is 27.2 Å². The maximum Gasteiger partial charge on any atom is 0.243 e. The minimum absolute atomic E-state index is 0. The van der Waals surface area contributed by atoms with Gasteiger partial charge in [-0.3, -0.25) is 4.79 Å². The largest absolute Gasteiger partial charge is 0.376 e. The Labute approximate surface area is 157 Å². The van der Waals surface area contributed by atoms with Gasteiger partial charge in [-0.15, -0.1) is 24.0 Å². The van der Waals surface area contributed by atoms with Gasteiger partial charge in [0.1, 0.15) is 6.54 Å². The number of carbonyl (C=O) groups is 1. The number of halogens is 1. The van der Waals surface area contributed by atoms with Crippen LogP contribution in [0.3, 0.4) is 0 Å². The van der Waals surface area contributed by atoms with Crippen molar-refractivity contribution in [1.82, 2.24) is 15.5 Å². The predicted molar refractivity (Wildman–Crippen MR) is 106 cm³/mol. The van der Waals surface area contributed by atoms with Crippen molar-refractivity contribution >= 4 is 35.8 Å². The molecule has 0 aromatic carbocycles. The lowest BCUT2D eigenvalue weighted by atomic mass is 10.1. The van der Waals surface area contributed by atoms with Gasteiger partial charge in [-0.2, -0.15) is 0 Å². The van der Waals surface area contributed by atoms with E-state index < -0.39 is 0 Å². The molecule has 6 nitrogen and oxygen atoms in total. The standard InChI is InChI=1S/C16H32N4O2.HI/c1-4-17-16(19-13-15(21)20(2)3)18-11-12-22-14-9-7-5-6-8-10-14;/h14H,4-13H2,1-3H3,(H2,17,18,19);1H. The highest BCUT2D eigenvalue weighted by molar-refractivity contribution is 14.0. The van der Waals surface area contributed by atoms with Crippen molar-refractivity contribution in [3.63, 3.8) is 0 Å². The molecule has 0 heterocycles. The summed E-state index contributed by atoms with van der Waals surface area (Å²) in [5.74, 6) is 0.661. The zero-order chi connectivity index (χ0) is 16.2. The molecule has 1 aliphatic carbocycles. The van der Waals surface area contributed by atoms with Crippen molar-refractivity contribution in [3.8, 4) is 0 Å². The van der Waals surface area contributed by atoms with Crippen LogP contribution >= 0.6 is 24.0 Å². The minimum Gasteiger partial charge on any atom is -0.376 e. The Morgan fingerprint density at radius 2 is 1.83 bits per heavy atom. The number of ether oxygens (including phenoxy) is 1. The normalized spacial score (nSPS) is 16.2. The second kappa shape index (κ2) is 13.8. The molecule has 1 saturated carbocycles. The molecule has 1 aliphatic rings. The van der Waals surface area contributed by atoms with E-state index in [4.69, 9.17) is 4.74 Å². The summed E-state index contributed by atoms with van der Waals surface area (Å²) < 4.78 is 5.93. The topological polar surface area (TPSA) is 66.0 Å². The van der Waals surface area contributed by atoms with Gasteiger partial charge in [-0.1, -0.05) is 25.7 Å². The van der Waals surface area contributed by atoms with E-state index in [9.17, 15) is 4.79 Å². The summed E-state index contributed by atoms with van der Waals surface area (Å²) in [5.41, 5.74) is 0. The molecule has 0 aromatic rings. The Morgan fingerprint density at radius 1 is 1.17 bits per heavy atom. The van der Waals surface area contributed by atoms with Gasteiger partial charge in [-0.25, -0.2) is 4.99 Å². The van der Waals surface area contributed by atoms with E-state index >= 15 is 0 Å². The second-order valence-corrected chi connectivity index (χ2v) is 5.89. The number of aliphatic imine (C=N–C) groups is 1. The SMILES string of the molecule is CCNC(=NCC(=O)N(C)C)NCCOC1CCCCCC1.I. The van der Waals surface area contributed by atoms with E-state index in [1.807, 2.05) is 6.92 Å². The second-order valence-electron chi connectivity index (χ2n) is 5.89. The van der Waals surface area contributed by atoms with E-state index in [1.54, 1.807) is 19.0 Å². The summed E-state index contributed by atoms with van der Waals surface area (Å²) in [7, 11) is 3.47. The van der Waals surface area contributed by atoms with Gasteiger partial charge in [0.25, 0.3) is 0 Å². The van der Waals surface area contributed by atoms with Gasteiger partial charge < -0.3 is 20.3 Å². The number of hydrogen-bond acceptors (Lipinski definition) is 3. The van der Waals surface area contributed by atoms with Crippen LogP contribution in [0.1, 0.15) is 45.4 Å². The quantitative estimate of drug-likeness (QED) is 0.209. The summed E-state index contributed by atoms with van der Waals surface area (Å²) >= 11 is 0. The molecule has 136 valence electrons. The maximum absolute atomic E-state index is 11.6. The van der Waals surface area contributed by atoms with Crippen molar-refractivity contribution in [2.45, 2.75) is 51.6 Å². The van der Waals surface area contributed by atoms with Gasteiger partial charge >= 0.3 is 0 Å². The van der Waals surface area contributed by atoms with Crippen LogP contribution < -0.4 is 10.6 Å². The summed E-state index contributed by atoms with van der Waals surface area (Å²) in [4.78, 5) is 17.4. The van der Waals surface area contributed by atoms with Crippen LogP contribution in [0.5, 0.6) is 0 Å². The number of hydrogen-bond donors (Lipinski definition) is 2. The first-order valence-corrected chi connectivity index (χ1v) is 8.47.